The number of nitrogens with one attached hydrogen (secondary N) is 2. The molecule has 1 fully saturated rings. The van der Waals surface area contributed by atoms with Gasteiger partial charge in [0.2, 0.25) is 0 Å². The van der Waals surface area contributed by atoms with Crippen LogP contribution in [-0.2, 0) is 4.94 Å². The van der Waals surface area contributed by atoms with Gasteiger partial charge in [-0.1, -0.05) is 29.8 Å². The van der Waals surface area contributed by atoms with Crippen molar-refractivity contribution < 1.29 is 9.47 Å². The topological polar surface area (TPSA) is 33.3 Å². The van der Waals surface area contributed by atoms with E-state index < -0.39 is 0 Å². The van der Waals surface area contributed by atoms with Gasteiger partial charge in [-0.05, 0) is 17.0 Å². The molecule has 1 aliphatic heterocycles. The van der Waals surface area contributed by atoms with Gasteiger partial charge in [-0.2, -0.15) is 4.94 Å². The first kappa shape index (κ1) is 11.5. The van der Waals surface area contributed by atoms with E-state index >= 15 is 0 Å². The van der Waals surface area contributed by atoms with Crippen molar-refractivity contribution in [3.8, 4) is 0 Å². The Hall–Kier alpha value is -0.970. The fourth-order valence-corrected chi connectivity index (χ4v) is 2.03. The minimum Gasteiger partial charge on any atom is -0.309 e. The van der Waals surface area contributed by atoms with Crippen LogP contribution in [0.5, 0.6) is 0 Å². The fourth-order valence-electron chi connectivity index (χ4n) is 2.03. The van der Waals surface area contributed by atoms with Crippen LogP contribution in [0.4, 0.5) is 4.53 Å². The maximum atomic E-state index is 11.7. The summed E-state index contributed by atoms with van der Waals surface area (Å²) in [6.45, 7) is 3.72. The van der Waals surface area contributed by atoms with Crippen LogP contribution >= 0.6 is 0 Å². The molecule has 0 amide bonds. The second-order valence-corrected chi connectivity index (χ2v) is 4.26. The van der Waals surface area contributed by atoms with E-state index in [9.17, 15) is 4.53 Å². The third-order valence-electron chi connectivity index (χ3n) is 2.93. The van der Waals surface area contributed by atoms with Crippen LogP contribution in [0.1, 0.15) is 17.2 Å². The van der Waals surface area contributed by atoms with Gasteiger partial charge in [0.1, 0.15) is 6.61 Å². The molecular weight excluding hydrogens is 207 g/mol. The van der Waals surface area contributed by atoms with Crippen LogP contribution in [-0.4, -0.2) is 25.7 Å². The number of halogens is 1. The number of piperazine rings is 1. The van der Waals surface area contributed by atoms with E-state index in [0.29, 0.717) is 6.04 Å². The van der Waals surface area contributed by atoms with Crippen LogP contribution < -0.4 is 10.6 Å². The Balaban J connectivity index is 1.94. The summed E-state index contributed by atoms with van der Waals surface area (Å²) in [6.07, 6.45) is 0. The molecule has 0 saturated carbocycles. The maximum absolute atomic E-state index is 11.7. The molecular formula is C12H17FN2O. The van der Waals surface area contributed by atoms with Gasteiger partial charge in [0.25, 0.3) is 0 Å². The molecule has 2 unspecified atom stereocenters. The second-order valence-electron chi connectivity index (χ2n) is 4.26. The van der Waals surface area contributed by atoms with Gasteiger partial charge < -0.3 is 10.6 Å². The number of hydrogen-bond acceptors (Lipinski definition) is 3. The Morgan fingerprint density at radius 3 is 2.88 bits per heavy atom. The SMILES string of the molecule is Cc1cccc(C2CNC(COF)CN2)c1. The third kappa shape index (κ3) is 2.78. The predicted octanol–water partition coefficient (Wildman–Crippen LogP) is 1.50. The van der Waals surface area contributed by atoms with Crippen LogP contribution in [0.15, 0.2) is 24.3 Å². The molecule has 1 saturated heterocycles. The summed E-state index contributed by atoms with van der Waals surface area (Å²) < 4.78 is 11.7. The molecule has 1 heterocycles. The van der Waals surface area contributed by atoms with E-state index in [4.69, 9.17) is 0 Å². The van der Waals surface area contributed by atoms with Crippen molar-refractivity contribution >= 4 is 0 Å². The Bertz CT molecular complexity index is 338. The van der Waals surface area contributed by atoms with E-state index in [0.717, 1.165) is 13.1 Å². The van der Waals surface area contributed by atoms with Crippen molar-refractivity contribution in [2.45, 2.75) is 19.0 Å². The van der Waals surface area contributed by atoms with E-state index in [1.54, 1.807) is 0 Å². The van der Waals surface area contributed by atoms with Gasteiger partial charge in [-0.25, -0.2) is 0 Å². The van der Waals surface area contributed by atoms with Gasteiger partial charge in [0, 0.05) is 25.2 Å². The van der Waals surface area contributed by atoms with Crippen molar-refractivity contribution in [3.05, 3.63) is 35.4 Å². The predicted molar refractivity (Wildman–Crippen MR) is 60.8 cm³/mol. The van der Waals surface area contributed by atoms with Gasteiger partial charge in [0.05, 0.1) is 0 Å². The standard InChI is InChI=1S/C12H17FN2O/c1-9-3-2-4-10(5-9)12-7-14-11(6-15-12)8-16-13/h2-5,11-12,14-15H,6-8H2,1H3. The van der Waals surface area contributed by atoms with E-state index in [-0.39, 0.29) is 12.6 Å². The molecule has 16 heavy (non-hydrogen) atoms. The quantitative estimate of drug-likeness (QED) is 0.816. The highest BCUT2D eigenvalue weighted by Crippen LogP contribution is 2.16. The lowest BCUT2D eigenvalue weighted by atomic mass is 10.0. The Morgan fingerprint density at radius 2 is 2.25 bits per heavy atom. The zero-order valence-corrected chi connectivity index (χ0v) is 9.37. The van der Waals surface area contributed by atoms with E-state index in [2.05, 4.69) is 46.8 Å². The van der Waals surface area contributed by atoms with Gasteiger partial charge in [-0.15, -0.1) is 0 Å². The highest BCUT2D eigenvalue weighted by Gasteiger charge is 2.21. The molecule has 2 rings (SSSR count). The van der Waals surface area contributed by atoms with Gasteiger partial charge in [0.15, 0.2) is 0 Å². The van der Waals surface area contributed by atoms with Crippen LogP contribution in [0.3, 0.4) is 0 Å². The summed E-state index contributed by atoms with van der Waals surface area (Å²) in [5.41, 5.74) is 2.53. The lowest BCUT2D eigenvalue weighted by Crippen LogP contribution is -2.51. The molecule has 1 aliphatic rings. The van der Waals surface area contributed by atoms with Crippen LogP contribution in [0, 0.1) is 6.92 Å². The summed E-state index contributed by atoms with van der Waals surface area (Å²) in [6, 6.07) is 8.79. The largest absolute Gasteiger partial charge is 0.309 e. The van der Waals surface area contributed by atoms with E-state index in [1.165, 1.54) is 11.1 Å². The third-order valence-corrected chi connectivity index (χ3v) is 2.93. The minimum atomic E-state index is 0.0612. The molecule has 2 atom stereocenters. The highest BCUT2D eigenvalue weighted by molar-refractivity contribution is 5.25. The molecule has 0 aromatic heterocycles. The monoisotopic (exact) mass is 224 g/mol. The highest BCUT2D eigenvalue weighted by atomic mass is 19.3. The van der Waals surface area contributed by atoms with E-state index in [1.807, 2.05) is 0 Å². The molecule has 2 N–H and O–H groups in total. The first-order valence-electron chi connectivity index (χ1n) is 5.56. The molecule has 88 valence electrons. The fraction of sp³-hybridized carbons (Fsp3) is 0.500. The molecule has 4 heteroatoms. The first-order chi connectivity index (χ1) is 7.79. The summed E-state index contributed by atoms with van der Waals surface area (Å²) in [5.74, 6) is 0. The van der Waals surface area contributed by atoms with Gasteiger partial charge >= 0.3 is 0 Å². The zero-order valence-electron chi connectivity index (χ0n) is 9.37. The van der Waals surface area contributed by atoms with Crippen molar-refractivity contribution in [1.29, 1.82) is 0 Å². The number of hydrogen-bond donors (Lipinski definition) is 2. The molecule has 3 nitrogen and oxygen atoms in total. The van der Waals surface area contributed by atoms with Crippen molar-refractivity contribution in [3.63, 3.8) is 0 Å². The summed E-state index contributed by atoms with van der Waals surface area (Å²) in [7, 11) is 0. The molecule has 0 aliphatic carbocycles. The average Bonchev–Trinajstić information content (AvgIpc) is 2.30. The summed E-state index contributed by atoms with van der Waals surface area (Å²) >= 11 is 0. The lowest BCUT2D eigenvalue weighted by Gasteiger charge is -2.30. The Labute approximate surface area is 94.9 Å². The summed E-state index contributed by atoms with van der Waals surface area (Å²) in [4.78, 5) is 3.64. The van der Waals surface area contributed by atoms with Gasteiger partial charge in [-0.3, -0.25) is 0 Å². The second kappa shape index (κ2) is 5.39. The van der Waals surface area contributed by atoms with Crippen molar-refractivity contribution in [1.82, 2.24) is 10.6 Å². The average molecular weight is 224 g/mol. The maximum Gasteiger partial charge on any atom is 0.104 e. The number of aryl methyl sites for hydroxylation is 1. The first-order valence-corrected chi connectivity index (χ1v) is 5.56. The zero-order chi connectivity index (χ0) is 11.4. The minimum absolute atomic E-state index is 0.0612. The molecule has 1 aromatic carbocycles. The number of rotatable bonds is 3. The van der Waals surface area contributed by atoms with Crippen molar-refractivity contribution in [2.75, 3.05) is 19.7 Å². The smallest absolute Gasteiger partial charge is 0.104 e. The Morgan fingerprint density at radius 1 is 1.38 bits per heavy atom. The molecule has 0 bridgehead atoms. The molecule has 0 radical (unpaired) electrons. The normalized spacial score (nSPS) is 25.6. The lowest BCUT2D eigenvalue weighted by molar-refractivity contribution is -0.140. The molecule has 0 spiro atoms. The van der Waals surface area contributed by atoms with Crippen LogP contribution in [0.2, 0.25) is 0 Å². The summed E-state index contributed by atoms with van der Waals surface area (Å²) in [5, 5.41) is 6.65. The number of benzene rings is 1. The van der Waals surface area contributed by atoms with Crippen molar-refractivity contribution in [2.24, 2.45) is 0 Å². The Kier molecular flexibility index (Phi) is 3.88. The van der Waals surface area contributed by atoms with Crippen LogP contribution in [0.25, 0.3) is 0 Å². The molecule has 1 aromatic rings.